The van der Waals surface area contributed by atoms with Crippen molar-refractivity contribution >= 4 is 52.9 Å². The quantitative estimate of drug-likeness (QED) is 0.528. The fourth-order valence-electron chi connectivity index (χ4n) is 2.69. The Hall–Kier alpha value is -1.40. The molecule has 2 aromatic rings. The molecule has 1 saturated heterocycles. The number of nitriles is 1. The third kappa shape index (κ3) is 5.57. The summed E-state index contributed by atoms with van der Waals surface area (Å²) in [5.74, 6) is -0.278. The molecule has 1 unspecified atom stereocenters. The summed E-state index contributed by atoms with van der Waals surface area (Å²) in [7, 11) is 1.39. The average Bonchev–Trinajstić information content (AvgIpc) is 2.68. The first-order valence-corrected chi connectivity index (χ1v) is 10.8. The number of rotatable bonds is 5. The Morgan fingerprint density at radius 2 is 2.00 bits per heavy atom. The van der Waals surface area contributed by atoms with E-state index in [2.05, 4.69) is 15.7 Å². The van der Waals surface area contributed by atoms with E-state index in [-0.39, 0.29) is 12.0 Å². The Morgan fingerprint density at radius 1 is 1.25 bits per heavy atom. The van der Waals surface area contributed by atoms with Crippen molar-refractivity contribution in [2.24, 2.45) is 0 Å². The summed E-state index contributed by atoms with van der Waals surface area (Å²) in [5.41, 5.74) is 0.579. The van der Waals surface area contributed by atoms with Crippen LogP contribution in [0.2, 0.25) is 10.0 Å². The number of ether oxygens (including phenoxy) is 1. The number of hydrogen-bond donors (Lipinski definition) is 1. The van der Waals surface area contributed by atoms with Crippen LogP contribution in [0.3, 0.4) is 0 Å². The van der Waals surface area contributed by atoms with Crippen LogP contribution < -0.4 is 5.32 Å². The van der Waals surface area contributed by atoms with Gasteiger partial charge in [0.2, 0.25) is 0 Å². The Morgan fingerprint density at radius 3 is 2.68 bits per heavy atom. The highest BCUT2D eigenvalue weighted by atomic mass is 35.5. The fraction of sp³-hybridized carbons (Fsp3) is 0.263. The predicted octanol–water partition coefficient (Wildman–Crippen LogP) is 4.47. The lowest BCUT2D eigenvalue weighted by Gasteiger charge is -2.31. The van der Waals surface area contributed by atoms with Gasteiger partial charge < -0.3 is 10.1 Å². The van der Waals surface area contributed by atoms with Crippen LogP contribution >= 0.6 is 46.9 Å². The van der Waals surface area contributed by atoms with Gasteiger partial charge in [-0.3, -0.25) is 4.79 Å². The minimum Gasteiger partial charge on any atom is -0.468 e. The lowest BCUT2D eigenvalue weighted by Crippen LogP contribution is -2.52. The van der Waals surface area contributed by atoms with E-state index in [1.807, 2.05) is 24.3 Å². The monoisotopic (exact) mass is 453 g/mol. The van der Waals surface area contributed by atoms with Crippen LogP contribution in [0, 0.1) is 11.3 Å². The zero-order valence-corrected chi connectivity index (χ0v) is 18.1. The molecule has 0 spiro atoms. The van der Waals surface area contributed by atoms with Crippen molar-refractivity contribution in [2.75, 3.05) is 26.7 Å². The Bertz CT molecular complexity index is 900. The highest BCUT2D eigenvalue weighted by molar-refractivity contribution is 8.01. The molecule has 0 radical (unpaired) electrons. The summed E-state index contributed by atoms with van der Waals surface area (Å²) in [6, 6.07) is 12.8. The average molecular weight is 454 g/mol. The number of nitrogens with one attached hydrogen (secondary N) is 1. The van der Waals surface area contributed by atoms with E-state index in [4.69, 9.17) is 27.9 Å². The highest BCUT2D eigenvalue weighted by Crippen LogP contribution is 2.39. The molecule has 5 nitrogen and oxygen atoms in total. The number of esters is 1. The molecule has 0 bridgehead atoms. The van der Waals surface area contributed by atoms with Crippen molar-refractivity contribution in [2.45, 2.75) is 20.7 Å². The maximum Gasteiger partial charge on any atom is 0.324 e. The highest BCUT2D eigenvalue weighted by Gasteiger charge is 2.27. The summed E-state index contributed by atoms with van der Waals surface area (Å²) < 4.78 is 6.94. The summed E-state index contributed by atoms with van der Waals surface area (Å²) in [6.45, 7) is 1.96. The molecule has 9 heteroatoms. The van der Waals surface area contributed by atoms with Crippen LogP contribution in [-0.2, 0) is 9.53 Å². The number of piperazine rings is 1. The summed E-state index contributed by atoms with van der Waals surface area (Å²) in [5, 5.41) is 13.6. The Labute approximate surface area is 182 Å². The number of hydrogen-bond acceptors (Lipinski definition) is 7. The molecule has 1 N–H and O–H groups in total. The van der Waals surface area contributed by atoms with E-state index in [1.165, 1.54) is 30.8 Å². The minimum atomic E-state index is -0.367. The largest absolute Gasteiger partial charge is 0.468 e. The number of methoxy groups -OCH3 is 1. The molecule has 1 atom stereocenters. The van der Waals surface area contributed by atoms with E-state index in [0.29, 0.717) is 28.7 Å². The third-order valence-electron chi connectivity index (χ3n) is 3.99. The van der Waals surface area contributed by atoms with Crippen molar-refractivity contribution < 1.29 is 9.53 Å². The molecular weight excluding hydrogens is 437 g/mol. The van der Waals surface area contributed by atoms with Crippen LogP contribution in [-0.4, -0.2) is 43.1 Å². The second kappa shape index (κ2) is 9.88. The second-order valence-electron chi connectivity index (χ2n) is 5.99. The van der Waals surface area contributed by atoms with Gasteiger partial charge in [0.05, 0.1) is 18.7 Å². The predicted molar refractivity (Wildman–Crippen MR) is 113 cm³/mol. The Balaban J connectivity index is 1.83. The van der Waals surface area contributed by atoms with E-state index < -0.39 is 0 Å². The molecule has 0 aliphatic carbocycles. The van der Waals surface area contributed by atoms with E-state index in [9.17, 15) is 10.1 Å². The van der Waals surface area contributed by atoms with Crippen molar-refractivity contribution in [3.63, 3.8) is 0 Å². The van der Waals surface area contributed by atoms with Crippen LogP contribution in [0.4, 0.5) is 0 Å². The van der Waals surface area contributed by atoms with Crippen LogP contribution in [0.25, 0.3) is 0 Å². The van der Waals surface area contributed by atoms with E-state index in [1.54, 1.807) is 12.1 Å². The number of halogens is 2. The first-order valence-electron chi connectivity index (χ1n) is 8.40. The van der Waals surface area contributed by atoms with Crippen LogP contribution in [0.15, 0.2) is 51.1 Å². The third-order valence-corrected chi connectivity index (χ3v) is 6.73. The molecule has 28 heavy (non-hydrogen) atoms. The molecule has 0 amide bonds. The van der Waals surface area contributed by atoms with Gasteiger partial charge >= 0.3 is 5.97 Å². The van der Waals surface area contributed by atoms with E-state index >= 15 is 0 Å². The van der Waals surface area contributed by atoms with E-state index in [0.717, 1.165) is 21.2 Å². The van der Waals surface area contributed by atoms with Gasteiger partial charge in [-0.25, -0.2) is 4.31 Å². The van der Waals surface area contributed by atoms with Crippen molar-refractivity contribution in [3.8, 4) is 6.07 Å². The number of benzene rings is 2. The molecule has 1 fully saturated rings. The standard InChI is InChI=1S/C19H17Cl2N3O2S2/c1-26-19(25)16-11-24(5-4-23-16)28-18-6-12(10-22)2-3-17(18)27-15-8-13(20)7-14(21)9-15/h2-3,6-9,16,23H,4-5,11H2,1H3. The van der Waals surface area contributed by atoms with Gasteiger partial charge in [-0.1, -0.05) is 35.0 Å². The number of carbonyl (C=O) groups is 1. The first-order chi connectivity index (χ1) is 13.5. The summed E-state index contributed by atoms with van der Waals surface area (Å²) in [4.78, 5) is 14.7. The molecule has 1 aliphatic heterocycles. The van der Waals surface area contributed by atoms with Crippen LogP contribution in [0.1, 0.15) is 5.56 Å². The molecule has 0 saturated carbocycles. The van der Waals surface area contributed by atoms with Gasteiger partial charge in [-0.15, -0.1) is 0 Å². The maximum absolute atomic E-state index is 11.8. The van der Waals surface area contributed by atoms with Crippen molar-refractivity contribution in [1.29, 1.82) is 5.26 Å². The molecule has 146 valence electrons. The lowest BCUT2D eigenvalue weighted by molar-refractivity contribution is -0.143. The molecular formula is C19H17Cl2N3O2S2. The fourth-order valence-corrected chi connectivity index (χ4v) is 5.53. The zero-order valence-electron chi connectivity index (χ0n) is 14.9. The molecule has 1 aliphatic rings. The van der Waals surface area contributed by atoms with Crippen LogP contribution in [0.5, 0.6) is 0 Å². The molecule has 3 rings (SSSR count). The SMILES string of the molecule is COC(=O)C1CN(Sc2cc(C#N)ccc2Sc2cc(Cl)cc(Cl)c2)CCN1. The normalized spacial score (nSPS) is 17.1. The van der Waals surface area contributed by atoms with Crippen molar-refractivity contribution in [1.82, 2.24) is 9.62 Å². The Kier molecular flexibility index (Phi) is 7.52. The molecule has 1 heterocycles. The second-order valence-corrected chi connectivity index (χ2v) is 9.12. The number of carbonyl (C=O) groups excluding carboxylic acids is 1. The van der Waals surface area contributed by atoms with Gasteiger partial charge in [0.15, 0.2) is 0 Å². The molecule has 2 aromatic carbocycles. The van der Waals surface area contributed by atoms with Gasteiger partial charge in [0.1, 0.15) is 6.04 Å². The van der Waals surface area contributed by atoms with Gasteiger partial charge in [0.25, 0.3) is 0 Å². The maximum atomic E-state index is 11.8. The number of nitrogens with zero attached hydrogens (tertiary/aromatic N) is 2. The smallest absolute Gasteiger partial charge is 0.324 e. The zero-order chi connectivity index (χ0) is 20.1. The van der Waals surface area contributed by atoms with Crippen molar-refractivity contribution in [3.05, 3.63) is 52.0 Å². The van der Waals surface area contributed by atoms with Gasteiger partial charge in [0, 0.05) is 44.4 Å². The minimum absolute atomic E-state index is 0.278. The molecule has 0 aromatic heterocycles. The lowest BCUT2D eigenvalue weighted by atomic mass is 10.2. The summed E-state index contributed by atoms with van der Waals surface area (Å²) in [6.07, 6.45) is 0. The topological polar surface area (TPSA) is 65.4 Å². The van der Waals surface area contributed by atoms with Gasteiger partial charge in [-0.2, -0.15) is 5.26 Å². The first kappa shape index (κ1) is 21.3. The van der Waals surface area contributed by atoms with Gasteiger partial charge in [-0.05, 0) is 48.3 Å². The summed E-state index contributed by atoms with van der Waals surface area (Å²) >= 11 is 15.3.